The molecule has 1 N–H and O–H groups in total. The second-order valence-electron chi connectivity index (χ2n) is 7.67. The van der Waals surface area contributed by atoms with Gasteiger partial charge in [0.25, 0.3) is 0 Å². The van der Waals surface area contributed by atoms with Crippen LogP contribution in [0.15, 0.2) is 0 Å². The van der Waals surface area contributed by atoms with E-state index < -0.39 is 0 Å². The van der Waals surface area contributed by atoms with E-state index in [9.17, 15) is 0 Å². The van der Waals surface area contributed by atoms with Crippen LogP contribution in [0.3, 0.4) is 0 Å². The summed E-state index contributed by atoms with van der Waals surface area (Å²) in [5, 5.41) is 8.95. The number of aliphatic hydroxyl groups is 1. The van der Waals surface area contributed by atoms with E-state index in [1.165, 1.54) is 6.42 Å². The van der Waals surface area contributed by atoms with E-state index in [2.05, 4.69) is 62.3 Å². The molecule has 0 saturated carbocycles. The Hall–Kier alpha value is -0.0400. The molecule has 118 valence electrons. The molecule has 0 aromatic heterocycles. The largest absolute Gasteiger partial charge is 0.396 e. The van der Waals surface area contributed by atoms with Gasteiger partial charge in [0.1, 0.15) is 0 Å². The van der Waals surface area contributed by atoms with Crippen molar-refractivity contribution in [2.75, 3.05) is 6.61 Å². The summed E-state index contributed by atoms with van der Waals surface area (Å²) in [7, 11) is 0. The minimum Gasteiger partial charge on any atom is -0.396 e. The van der Waals surface area contributed by atoms with Crippen LogP contribution in [0.1, 0.15) is 75.2 Å². The lowest BCUT2D eigenvalue weighted by atomic mass is 9.88. The molecule has 19 heavy (non-hydrogen) atoms. The Balaban J connectivity index is 0. The average molecular weight is 273 g/mol. The van der Waals surface area contributed by atoms with Crippen molar-refractivity contribution in [2.45, 2.75) is 75.2 Å². The van der Waals surface area contributed by atoms with E-state index >= 15 is 0 Å². The first-order chi connectivity index (χ1) is 8.61. The summed E-state index contributed by atoms with van der Waals surface area (Å²) < 4.78 is 0. The van der Waals surface area contributed by atoms with E-state index in [0.717, 1.165) is 24.2 Å². The first-order valence-electron chi connectivity index (χ1n) is 8.22. The molecule has 0 saturated heterocycles. The summed E-state index contributed by atoms with van der Waals surface area (Å²) in [6, 6.07) is 0. The van der Waals surface area contributed by atoms with Gasteiger partial charge in [-0.05, 0) is 48.3 Å². The molecule has 0 heterocycles. The molecule has 0 aliphatic carbocycles. The molecule has 0 radical (unpaired) electrons. The summed E-state index contributed by atoms with van der Waals surface area (Å²) in [6.07, 6.45) is 2.52. The third-order valence-electron chi connectivity index (χ3n) is 3.93. The van der Waals surface area contributed by atoms with E-state index in [1.807, 2.05) is 0 Å². The van der Waals surface area contributed by atoms with Gasteiger partial charge in [-0.25, -0.2) is 0 Å². The fraction of sp³-hybridized carbons (Fsp3) is 1.00. The molecule has 2 unspecified atom stereocenters. The van der Waals surface area contributed by atoms with Crippen LogP contribution in [0.4, 0.5) is 0 Å². The van der Waals surface area contributed by atoms with Crippen molar-refractivity contribution in [3.8, 4) is 0 Å². The summed E-state index contributed by atoms with van der Waals surface area (Å²) in [5.74, 6) is 4.44. The summed E-state index contributed by atoms with van der Waals surface area (Å²) >= 11 is 0. The Labute approximate surface area is 123 Å². The quantitative estimate of drug-likeness (QED) is 0.637. The highest BCUT2D eigenvalue weighted by Crippen LogP contribution is 2.19. The smallest absolute Gasteiger partial charge is 0.0461 e. The molecule has 1 nitrogen and oxygen atoms in total. The lowest BCUT2D eigenvalue weighted by molar-refractivity contribution is 0.168. The Morgan fingerprint density at radius 2 is 1.05 bits per heavy atom. The first-order valence-corrected chi connectivity index (χ1v) is 8.22. The SMILES string of the molecule is CC(C)CC(C)C(C)C.CC(C)CC(CO)C(C)C. The second kappa shape index (κ2) is 11.8. The van der Waals surface area contributed by atoms with Crippen molar-refractivity contribution in [1.29, 1.82) is 0 Å². The highest BCUT2D eigenvalue weighted by atomic mass is 16.3. The third kappa shape index (κ3) is 14.2. The van der Waals surface area contributed by atoms with Crippen LogP contribution in [0, 0.1) is 35.5 Å². The lowest BCUT2D eigenvalue weighted by Gasteiger charge is -2.19. The number of aliphatic hydroxyl groups excluding tert-OH is 1. The number of hydrogen-bond donors (Lipinski definition) is 1. The van der Waals surface area contributed by atoms with E-state index in [1.54, 1.807) is 0 Å². The van der Waals surface area contributed by atoms with E-state index in [-0.39, 0.29) is 0 Å². The second-order valence-corrected chi connectivity index (χ2v) is 7.67. The standard InChI is InChI=1S/C9H20O.C9H20/c1-7(2)5-9(6-10)8(3)4;1-7(2)6-9(5)8(3)4/h7-10H,5-6H2,1-4H3;7-9H,6H2,1-5H3. The molecule has 0 amide bonds. The Morgan fingerprint density at radius 3 is 1.16 bits per heavy atom. The van der Waals surface area contributed by atoms with Gasteiger partial charge >= 0.3 is 0 Å². The Morgan fingerprint density at radius 1 is 0.632 bits per heavy atom. The normalized spacial score (nSPS) is 14.8. The summed E-state index contributed by atoms with van der Waals surface area (Å²) in [6.45, 7) is 20.6. The summed E-state index contributed by atoms with van der Waals surface area (Å²) in [5.41, 5.74) is 0. The molecule has 2 atom stereocenters. The zero-order valence-corrected chi connectivity index (χ0v) is 15.0. The van der Waals surface area contributed by atoms with Crippen molar-refractivity contribution < 1.29 is 5.11 Å². The molecular weight excluding hydrogens is 232 g/mol. The van der Waals surface area contributed by atoms with Gasteiger partial charge in [-0.15, -0.1) is 0 Å². The highest BCUT2D eigenvalue weighted by Gasteiger charge is 2.12. The molecule has 0 spiro atoms. The maximum absolute atomic E-state index is 8.95. The summed E-state index contributed by atoms with van der Waals surface area (Å²) in [4.78, 5) is 0. The monoisotopic (exact) mass is 272 g/mol. The van der Waals surface area contributed by atoms with Crippen molar-refractivity contribution in [2.24, 2.45) is 35.5 Å². The van der Waals surface area contributed by atoms with Crippen molar-refractivity contribution in [1.82, 2.24) is 0 Å². The Bertz CT molecular complexity index is 182. The van der Waals surface area contributed by atoms with Crippen LogP contribution in [-0.2, 0) is 0 Å². The predicted octanol–water partition coefficient (Wildman–Crippen LogP) is 5.62. The van der Waals surface area contributed by atoms with Gasteiger partial charge in [0.05, 0.1) is 0 Å². The fourth-order valence-electron chi connectivity index (χ4n) is 2.18. The van der Waals surface area contributed by atoms with Crippen LogP contribution in [0.25, 0.3) is 0 Å². The molecule has 0 aliphatic heterocycles. The highest BCUT2D eigenvalue weighted by molar-refractivity contribution is 4.63. The van der Waals surface area contributed by atoms with Gasteiger partial charge < -0.3 is 5.11 Å². The molecule has 0 aliphatic rings. The average Bonchev–Trinajstić information content (AvgIpc) is 2.25. The van der Waals surface area contributed by atoms with Crippen LogP contribution < -0.4 is 0 Å². The van der Waals surface area contributed by atoms with E-state index in [4.69, 9.17) is 5.11 Å². The molecule has 0 aromatic carbocycles. The first kappa shape index (κ1) is 21.3. The van der Waals surface area contributed by atoms with E-state index in [0.29, 0.717) is 24.4 Å². The predicted molar refractivity (Wildman–Crippen MR) is 88.3 cm³/mol. The molecule has 0 rings (SSSR count). The molecule has 1 heteroatoms. The maximum Gasteiger partial charge on any atom is 0.0461 e. The van der Waals surface area contributed by atoms with Gasteiger partial charge in [0.15, 0.2) is 0 Å². The fourth-order valence-corrected chi connectivity index (χ4v) is 2.18. The minimum atomic E-state index is 0.343. The van der Waals surface area contributed by atoms with Crippen LogP contribution in [-0.4, -0.2) is 11.7 Å². The van der Waals surface area contributed by atoms with Crippen LogP contribution >= 0.6 is 0 Å². The molecule has 0 bridgehead atoms. The maximum atomic E-state index is 8.95. The van der Waals surface area contributed by atoms with Gasteiger partial charge in [-0.2, -0.15) is 0 Å². The lowest BCUT2D eigenvalue weighted by Crippen LogP contribution is -2.15. The molecular formula is C18H40O. The molecule has 0 fully saturated rings. The minimum absolute atomic E-state index is 0.343. The van der Waals surface area contributed by atoms with Crippen LogP contribution in [0.5, 0.6) is 0 Å². The molecule has 0 aromatic rings. The van der Waals surface area contributed by atoms with Crippen molar-refractivity contribution in [3.05, 3.63) is 0 Å². The van der Waals surface area contributed by atoms with Crippen molar-refractivity contribution >= 4 is 0 Å². The number of hydrogen-bond acceptors (Lipinski definition) is 1. The third-order valence-corrected chi connectivity index (χ3v) is 3.93. The van der Waals surface area contributed by atoms with Gasteiger partial charge in [-0.3, -0.25) is 0 Å². The Kier molecular flexibility index (Phi) is 13.2. The topological polar surface area (TPSA) is 20.2 Å². The number of rotatable bonds is 7. The van der Waals surface area contributed by atoms with Gasteiger partial charge in [0.2, 0.25) is 0 Å². The zero-order chi connectivity index (χ0) is 15.6. The van der Waals surface area contributed by atoms with Gasteiger partial charge in [0, 0.05) is 6.61 Å². The van der Waals surface area contributed by atoms with Crippen molar-refractivity contribution in [3.63, 3.8) is 0 Å². The van der Waals surface area contributed by atoms with Crippen LogP contribution in [0.2, 0.25) is 0 Å². The zero-order valence-electron chi connectivity index (χ0n) is 15.0. The van der Waals surface area contributed by atoms with Gasteiger partial charge in [-0.1, -0.05) is 62.3 Å².